The Labute approximate surface area is 172 Å². The summed E-state index contributed by atoms with van der Waals surface area (Å²) in [6.07, 6.45) is 0.327. The SMILES string of the molecule is Cc1ccccc1N1CCN(C(=O)[C@H]2CC(=O)N([C@@H](C)c3ccccc3)C2)CC1. The Hall–Kier alpha value is -2.82. The van der Waals surface area contributed by atoms with Crippen LogP contribution in [0.15, 0.2) is 54.6 Å². The second-order valence-corrected chi connectivity index (χ2v) is 8.13. The molecule has 5 heteroatoms. The molecule has 2 amide bonds. The van der Waals surface area contributed by atoms with Crippen LogP contribution in [0.2, 0.25) is 0 Å². The Balaban J connectivity index is 1.36. The number of hydrogen-bond donors (Lipinski definition) is 0. The third kappa shape index (κ3) is 4.00. The molecule has 5 nitrogen and oxygen atoms in total. The topological polar surface area (TPSA) is 43.9 Å². The van der Waals surface area contributed by atoms with Gasteiger partial charge in [0.05, 0.1) is 12.0 Å². The highest BCUT2D eigenvalue weighted by Gasteiger charge is 2.39. The zero-order chi connectivity index (χ0) is 20.4. The van der Waals surface area contributed by atoms with Crippen LogP contribution in [0.4, 0.5) is 5.69 Å². The second-order valence-electron chi connectivity index (χ2n) is 8.13. The fraction of sp³-hybridized carbons (Fsp3) is 0.417. The van der Waals surface area contributed by atoms with E-state index in [1.807, 2.05) is 47.1 Å². The number of para-hydroxylation sites is 1. The first-order valence-corrected chi connectivity index (χ1v) is 10.5. The van der Waals surface area contributed by atoms with Gasteiger partial charge in [-0.25, -0.2) is 0 Å². The van der Waals surface area contributed by atoms with Crippen LogP contribution in [0.5, 0.6) is 0 Å². The minimum absolute atomic E-state index is 0.000553. The zero-order valence-electron chi connectivity index (χ0n) is 17.3. The van der Waals surface area contributed by atoms with Gasteiger partial charge in [0.2, 0.25) is 11.8 Å². The predicted molar refractivity (Wildman–Crippen MR) is 115 cm³/mol. The van der Waals surface area contributed by atoms with Gasteiger partial charge in [-0.2, -0.15) is 0 Å². The lowest BCUT2D eigenvalue weighted by Gasteiger charge is -2.37. The molecule has 0 spiro atoms. The minimum Gasteiger partial charge on any atom is -0.368 e. The van der Waals surface area contributed by atoms with Gasteiger partial charge in [0, 0.05) is 44.8 Å². The number of aryl methyl sites for hydroxylation is 1. The van der Waals surface area contributed by atoms with Crippen molar-refractivity contribution in [3.8, 4) is 0 Å². The van der Waals surface area contributed by atoms with Crippen LogP contribution in [0.1, 0.15) is 30.5 Å². The van der Waals surface area contributed by atoms with E-state index in [-0.39, 0.29) is 23.8 Å². The quantitative estimate of drug-likeness (QED) is 0.804. The molecule has 2 heterocycles. The van der Waals surface area contributed by atoms with Crippen molar-refractivity contribution >= 4 is 17.5 Å². The van der Waals surface area contributed by atoms with Crippen LogP contribution >= 0.6 is 0 Å². The van der Waals surface area contributed by atoms with Crippen LogP contribution in [0, 0.1) is 12.8 Å². The van der Waals surface area contributed by atoms with Crippen molar-refractivity contribution in [3.63, 3.8) is 0 Å². The lowest BCUT2D eigenvalue weighted by atomic mass is 10.1. The van der Waals surface area contributed by atoms with Crippen LogP contribution < -0.4 is 4.90 Å². The van der Waals surface area contributed by atoms with Crippen LogP contribution in [0.3, 0.4) is 0 Å². The number of rotatable bonds is 4. The summed E-state index contributed by atoms with van der Waals surface area (Å²) in [7, 11) is 0. The summed E-state index contributed by atoms with van der Waals surface area (Å²) in [6.45, 7) is 7.78. The molecular formula is C24H29N3O2. The highest BCUT2D eigenvalue weighted by molar-refractivity contribution is 5.89. The van der Waals surface area contributed by atoms with Gasteiger partial charge in [-0.1, -0.05) is 48.5 Å². The van der Waals surface area contributed by atoms with E-state index in [2.05, 4.69) is 36.1 Å². The molecule has 0 aliphatic carbocycles. The highest BCUT2D eigenvalue weighted by Crippen LogP contribution is 2.30. The van der Waals surface area contributed by atoms with Gasteiger partial charge in [-0.05, 0) is 31.0 Å². The summed E-state index contributed by atoms with van der Waals surface area (Å²) in [5.74, 6) is -0.0116. The summed E-state index contributed by atoms with van der Waals surface area (Å²) in [5, 5.41) is 0. The first-order valence-electron chi connectivity index (χ1n) is 10.5. The van der Waals surface area contributed by atoms with Gasteiger partial charge in [0.15, 0.2) is 0 Å². The van der Waals surface area contributed by atoms with Crippen molar-refractivity contribution in [1.82, 2.24) is 9.80 Å². The Morgan fingerprint density at radius 3 is 2.31 bits per heavy atom. The molecule has 0 bridgehead atoms. The van der Waals surface area contributed by atoms with Gasteiger partial charge >= 0.3 is 0 Å². The Morgan fingerprint density at radius 2 is 1.62 bits per heavy atom. The van der Waals surface area contributed by atoms with Gasteiger partial charge in [0.1, 0.15) is 0 Å². The number of nitrogens with zero attached hydrogens (tertiary/aromatic N) is 3. The van der Waals surface area contributed by atoms with Gasteiger partial charge in [0.25, 0.3) is 0 Å². The van der Waals surface area contributed by atoms with E-state index in [1.165, 1.54) is 11.3 Å². The van der Waals surface area contributed by atoms with Gasteiger partial charge in [-0.15, -0.1) is 0 Å². The molecule has 0 N–H and O–H groups in total. The standard InChI is InChI=1S/C24H29N3O2/c1-18-8-6-7-11-22(18)25-12-14-26(15-13-25)24(29)21-16-23(28)27(17-21)19(2)20-9-4-3-5-10-20/h3-11,19,21H,12-17H2,1-2H3/t19-,21-/m0/s1. The molecule has 2 saturated heterocycles. The van der Waals surface area contributed by atoms with Crippen LogP contribution in [0.25, 0.3) is 0 Å². The molecule has 2 aliphatic heterocycles. The maximum Gasteiger partial charge on any atom is 0.228 e. The molecule has 0 unspecified atom stereocenters. The number of amides is 2. The smallest absolute Gasteiger partial charge is 0.228 e. The van der Waals surface area contributed by atoms with E-state index >= 15 is 0 Å². The summed E-state index contributed by atoms with van der Waals surface area (Å²) in [6, 6.07) is 18.4. The molecule has 2 fully saturated rings. The Kier molecular flexibility index (Phi) is 5.56. The van der Waals surface area contributed by atoms with Crippen molar-refractivity contribution in [2.24, 2.45) is 5.92 Å². The van der Waals surface area contributed by atoms with Crippen LogP contribution in [-0.2, 0) is 9.59 Å². The number of hydrogen-bond acceptors (Lipinski definition) is 3. The van der Waals surface area contributed by atoms with Crippen molar-refractivity contribution in [3.05, 3.63) is 65.7 Å². The molecule has 0 aromatic heterocycles. The Morgan fingerprint density at radius 1 is 0.966 bits per heavy atom. The summed E-state index contributed by atoms with van der Waals surface area (Å²) in [5.41, 5.74) is 3.62. The molecule has 0 radical (unpaired) electrons. The fourth-order valence-corrected chi connectivity index (χ4v) is 4.53. The molecule has 152 valence electrons. The molecule has 4 rings (SSSR count). The normalized spacial score (nSPS) is 20.8. The molecule has 2 aromatic carbocycles. The summed E-state index contributed by atoms with van der Waals surface area (Å²) < 4.78 is 0. The second kappa shape index (κ2) is 8.27. The van der Waals surface area contributed by atoms with E-state index in [9.17, 15) is 9.59 Å². The number of anilines is 1. The lowest BCUT2D eigenvalue weighted by molar-refractivity contribution is -0.136. The number of carbonyl (C=O) groups is 2. The molecule has 2 atom stereocenters. The van der Waals surface area contributed by atoms with Crippen molar-refractivity contribution in [1.29, 1.82) is 0 Å². The van der Waals surface area contributed by atoms with Crippen molar-refractivity contribution < 1.29 is 9.59 Å². The number of likely N-dealkylation sites (tertiary alicyclic amines) is 1. The Bertz CT molecular complexity index is 875. The molecule has 29 heavy (non-hydrogen) atoms. The third-order valence-electron chi connectivity index (χ3n) is 6.30. The van der Waals surface area contributed by atoms with Crippen molar-refractivity contribution in [2.45, 2.75) is 26.3 Å². The zero-order valence-corrected chi connectivity index (χ0v) is 17.3. The third-order valence-corrected chi connectivity index (χ3v) is 6.30. The first-order chi connectivity index (χ1) is 14.0. The number of benzene rings is 2. The number of piperazine rings is 1. The maximum absolute atomic E-state index is 13.1. The monoisotopic (exact) mass is 391 g/mol. The highest BCUT2D eigenvalue weighted by atomic mass is 16.2. The van der Waals surface area contributed by atoms with E-state index in [4.69, 9.17) is 0 Å². The van der Waals surface area contributed by atoms with E-state index in [0.717, 1.165) is 18.7 Å². The van der Waals surface area contributed by atoms with Gasteiger partial charge in [-0.3, -0.25) is 9.59 Å². The first kappa shape index (κ1) is 19.5. The summed E-state index contributed by atoms with van der Waals surface area (Å²) in [4.78, 5) is 31.9. The average Bonchev–Trinajstić information content (AvgIpc) is 3.15. The molecule has 2 aliphatic rings. The van der Waals surface area contributed by atoms with Crippen molar-refractivity contribution in [2.75, 3.05) is 37.6 Å². The molecular weight excluding hydrogens is 362 g/mol. The van der Waals surface area contributed by atoms with E-state index in [0.29, 0.717) is 26.1 Å². The fourth-order valence-electron chi connectivity index (χ4n) is 4.53. The molecule has 0 saturated carbocycles. The van der Waals surface area contributed by atoms with Gasteiger partial charge < -0.3 is 14.7 Å². The predicted octanol–water partition coefficient (Wildman–Crippen LogP) is 3.25. The average molecular weight is 392 g/mol. The maximum atomic E-state index is 13.1. The molecule has 2 aromatic rings. The van der Waals surface area contributed by atoms with Crippen LogP contribution in [-0.4, -0.2) is 54.3 Å². The number of carbonyl (C=O) groups excluding carboxylic acids is 2. The van der Waals surface area contributed by atoms with E-state index < -0.39 is 0 Å². The minimum atomic E-state index is -0.223. The van der Waals surface area contributed by atoms with E-state index in [1.54, 1.807) is 0 Å². The largest absolute Gasteiger partial charge is 0.368 e. The summed E-state index contributed by atoms with van der Waals surface area (Å²) >= 11 is 0. The lowest BCUT2D eigenvalue weighted by Crippen LogP contribution is -2.50.